The average molecular weight is 193 g/mol. The van der Waals surface area contributed by atoms with Crippen LogP contribution < -0.4 is 5.32 Å². The summed E-state index contributed by atoms with van der Waals surface area (Å²) in [6.07, 6.45) is 5.97. The fourth-order valence-corrected chi connectivity index (χ4v) is 1.34. The molecule has 3 nitrogen and oxygen atoms in total. The zero-order valence-corrected chi connectivity index (χ0v) is 9.25. The van der Waals surface area contributed by atoms with Crippen molar-refractivity contribution in [2.45, 2.75) is 46.2 Å². The molecule has 1 aromatic rings. The van der Waals surface area contributed by atoms with Gasteiger partial charge in [0, 0.05) is 25.0 Å². The first-order valence-corrected chi connectivity index (χ1v) is 5.27. The van der Waals surface area contributed by atoms with Gasteiger partial charge in [-0.15, -0.1) is 0 Å². The highest BCUT2D eigenvalue weighted by atomic mass is 14.9. The van der Waals surface area contributed by atoms with E-state index in [1.54, 1.807) is 0 Å². The average Bonchev–Trinajstić information content (AvgIpc) is 2.22. The highest BCUT2D eigenvalue weighted by Gasteiger charge is 2.02. The van der Waals surface area contributed by atoms with E-state index in [9.17, 15) is 0 Å². The Labute approximate surface area is 86.0 Å². The van der Waals surface area contributed by atoms with Crippen LogP contribution in [-0.4, -0.2) is 16.0 Å². The van der Waals surface area contributed by atoms with E-state index in [2.05, 4.69) is 29.1 Å². The summed E-state index contributed by atoms with van der Waals surface area (Å²) >= 11 is 0. The predicted molar refractivity (Wildman–Crippen MR) is 58.0 cm³/mol. The van der Waals surface area contributed by atoms with Crippen molar-refractivity contribution in [1.29, 1.82) is 0 Å². The predicted octanol–water partition coefficient (Wildman–Crippen LogP) is 2.06. The second-order valence-electron chi connectivity index (χ2n) is 3.54. The van der Waals surface area contributed by atoms with E-state index in [0.717, 1.165) is 30.8 Å². The molecule has 1 aromatic heterocycles. The van der Waals surface area contributed by atoms with Crippen molar-refractivity contribution >= 4 is 0 Å². The molecule has 0 aliphatic carbocycles. The Bertz CT molecular complexity index is 252. The fraction of sp³-hybridized carbons (Fsp3) is 0.636. The zero-order chi connectivity index (χ0) is 10.4. The van der Waals surface area contributed by atoms with Crippen molar-refractivity contribution in [3.63, 3.8) is 0 Å². The van der Waals surface area contributed by atoms with Gasteiger partial charge in [-0.1, -0.05) is 13.8 Å². The third-order valence-electron chi connectivity index (χ3n) is 2.39. The molecule has 0 spiro atoms. The second kappa shape index (κ2) is 5.70. The number of rotatable bonds is 5. The van der Waals surface area contributed by atoms with E-state index in [1.807, 2.05) is 19.3 Å². The summed E-state index contributed by atoms with van der Waals surface area (Å²) in [6, 6.07) is 0.595. The normalized spacial score (nSPS) is 10.9. The number of hydrogen-bond acceptors (Lipinski definition) is 3. The minimum Gasteiger partial charge on any atom is -0.308 e. The highest BCUT2D eigenvalue weighted by Crippen LogP contribution is 1.99. The van der Waals surface area contributed by atoms with Crippen LogP contribution in [0.2, 0.25) is 0 Å². The van der Waals surface area contributed by atoms with Crippen LogP contribution in [0.25, 0.3) is 0 Å². The Kier molecular flexibility index (Phi) is 4.53. The number of nitrogens with one attached hydrogen (secondary N) is 1. The molecule has 1 heterocycles. The molecule has 14 heavy (non-hydrogen) atoms. The number of aromatic nitrogens is 2. The van der Waals surface area contributed by atoms with Gasteiger partial charge in [-0.05, 0) is 19.8 Å². The molecular formula is C11H19N3. The van der Waals surface area contributed by atoms with Crippen molar-refractivity contribution < 1.29 is 0 Å². The summed E-state index contributed by atoms with van der Waals surface area (Å²) in [4.78, 5) is 8.50. The van der Waals surface area contributed by atoms with E-state index in [4.69, 9.17) is 0 Å². The molecule has 1 rings (SSSR count). The Morgan fingerprint density at radius 2 is 1.93 bits per heavy atom. The Balaban J connectivity index is 2.41. The van der Waals surface area contributed by atoms with Crippen LogP contribution in [0.15, 0.2) is 12.4 Å². The molecule has 3 heteroatoms. The van der Waals surface area contributed by atoms with Crippen molar-refractivity contribution in [1.82, 2.24) is 15.3 Å². The quantitative estimate of drug-likeness (QED) is 0.778. The lowest BCUT2D eigenvalue weighted by Gasteiger charge is -2.13. The maximum Gasteiger partial charge on any atom is 0.0724 e. The van der Waals surface area contributed by atoms with Crippen LogP contribution >= 0.6 is 0 Å². The van der Waals surface area contributed by atoms with Gasteiger partial charge >= 0.3 is 0 Å². The van der Waals surface area contributed by atoms with Crippen molar-refractivity contribution in [2.75, 3.05) is 0 Å². The monoisotopic (exact) mass is 193 g/mol. The molecule has 0 radical (unpaired) electrons. The molecule has 1 N–H and O–H groups in total. The molecule has 0 fully saturated rings. The molecular weight excluding hydrogens is 174 g/mol. The van der Waals surface area contributed by atoms with Gasteiger partial charge in [-0.25, -0.2) is 0 Å². The maximum atomic E-state index is 4.29. The van der Waals surface area contributed by atoms with Gasteiger partial charge in [0.25, 0.3) is 0 Å². The first-order valence-electron chi connectivity index (χ1n) is 5.27. The van der Waals surface area contributed by atoms with E-state index < -0.39 is 0 Å². The molecule has 0 unspecified atom stereocenters. The van der Waals surface area contributed by atoms with E-state index >= 15 is 0 Å². The summed E-state index contributed by atoms with van der Waals surface area (Å²) in [5.41, 5.74) is 1.98. The van der Waals surface area contributed by atoms with Crippen LogP contribution in [0.1, 0.15) is 38.1 Å². The van der Waals surface area contributed by atoms with Gasteiger partial charge in [0.15, 0.2) is 0 Å². The van der Waals surface area contributed by atoms with Gasteiger partial charge < -0.3 is 5.32 Å². The van der Waals surface area contributed by atoms with Crippen LogP contribution in [0.4, 0.5) is 0 Å². The van der Waals surface area contributed by atoms with Gasteiger partial charge in [-0.2, -0.15) is 0 Å². The molecule has 0 amide bonds. The van der Waals surface area contributed by atoms with Crippen LogP contribution in [0.3, 0.4) is 0 Å². The lowest BCUT2D eigenvalue weighted by Crippen LogP contribution is -2.27. The molecule has 0 aromatic carbocycles. The molecule has 0 saturated carbocycles. The standard InChI is InChI=1S/C11H19N3/c1-4-10(5-2)14-8-11-7-12-9(3)6-13-11/h6-7,10,14H,4-5,8H2,1-3H3. The van der Waals surface area contributed by atoms with Gasteiger partial charge in [-0.3, -0.25) is 9.97 Å². The molecule has 0 atom stereocenters. The SMILES string of the molecule is CCC(CC)NCc1cnc(C)cn1. The smallest absolute Gasteiger partial charge is 0.0724 e. The summed E-state index contributed by atoms with van der Waals surface area (Å²) in [7, 11) is 0. The van der Waals surface area contributed by atoms with Crippen molar-refractivity contribution in [2.24, 2.45) is 0 Å². The minimum absolute atomic E-state index is 0.595. The van der Waals surface area contributed by atoms with E-state index in [1.165, 1.54) is 0 Å². The molecule has 0 aliphatic heterocycles. The van der Waals surface area contributed by atoms with Crippen LogP contribution in [-0.2, 0) is 6.54 Å². The van der Waals surface area contributed by atoms with E-state index in [-0.39, 0.29) is 0 Å². The Hall–Kier alpha value is -0.960. The number of aryl methyl sites for hydroxylation is 1. The third-order valence-corrected chi connectivity index (χ3v) is 2.39. The van der Waals surface area contributed by atoms with Crippen molar-refractivity contribution in [3.8, 4) is 0 Å². The lowest BCUT2D eigenvalue weighted by atomic mass is 10.2. The van der Waals surface area contributed by atoms with Gasteiger partial charge in [0.05, 0.1) is 11.4 Å². The first kappa shape index (κ1) is 11.1. The topological polar surface area (TPSA) is 37.8 Å². The zero-order valence-electron chi connectivity index (χ0n) is 9.25. The summed E-state index contributed by atoms with van der Waals surface area (Å²) in [6.45, 7) is 7.16. The van der Waals surface area contributed by atoms with Gasteiger partial charge in [0.2, 0.25) is 0 Å². The largest absolute Gasteiger partial charge is 0.308 e. The second-order valence-corrected chi connectivity index (χ2v) is 3.54. The molecule has 78 valence electrons. The first-order chi connectivity index (χ1) is 6.76. The fourth-order valence-electron chi connectivity index (χ4n) is 1.34. The highest BCUT2D eigenvalue weighted by molar-refractivity contribution is 5.00. The maximum absolute atomic E-state index is 4.29. The number of nitrogens with zero attached hydrogens (tertiary/aromatic N) is 2. The summed E-state index contributed by atoms with van der Waals surface area (Å²) < 4.78 is 0. The lowest BCUT2D eigenvalue weighted by molar-refractivity contribution is 0.480. The van der Waals surface area contributed by atoms with Crippen LogP contribution in [0, 0.1) is 6.92 Å². The summed E-state index contributed by atoms with van der Waals surface area (Å²) in [5, 5.41) is 3.45. The molecule has 0 bridgehead atoms. The Morgan fingerprint density at radius 3 is 2.43 bits per heavy atom. The van der Waals surface area contributed by atoms with E-state index in [0.29, 0.717) is 6.04 Å². The van der Waals surface area contributed by atoms with Crippen LogP contribution in [0.5, 0.6) is 0 Å². The Morgan fingerprint density at radius 1 is 1.21 bits per heavy atom. The minimum atomic E-state index is 0.595. The number of hydrogen-bond donors (Lipinski definition) is 1. The molecule has 0 saturated heterocycles. The summed E-state index contributed by atoms with van der Waals surface area (Å²) in [5.74, 6) is 0. The molecule has 0 aliphatic rings. The third kappa shape index (κ3) is 3.42. The van der Waals surface area contributed by atoms with Gasteiger partial charge in [0.1, 0.15) is 0 Å². The van der Waals surface area contributed by atoms with Crippen molar-refractivity contribution in [3.05, 3.63) is 23.8 Å².